The predicted molar refractivity (Wildman–Crippen MR) is 86.9 cm³/mol. The van der Waals surface area contributed by atoms with Crippen LogP contribution in [0.25, 0.3) is 0 Å². The number of rotatable bonds is 3. The number of carbonyl (C=O) groups excluding carboxylic acids is 1. The summed E-state index contributed by atoms with van der Waals surface area (Å²) in [7, 11) is 1.66. The first kappa shape index (κ1) is 16.7. The number of aromatic nitrogens is 3. The van der Waals surface area contributed by atoms with Crippen LogP contribution in [0.3, 0.4) is 0 Å². The molecule has 7 nitrogen and oxygen atoms in total. The summed E-state index contributed by atoms with van der Waals surface area (Å²) in [6.07, 6.45) is 1.86. The molecule has 0 atom stereocenters. The minimum atomic E-state index is -0.712. The molecule has 1 saturated heterocycles. The van der Waals surface area contributed by atoms with E-state index in [9.17, 15) is 14.3 Å². The molecule has 0 spiro atoms. The molecule has 2 heterocycles. The summed E-state index contributed by atoms with van der Waals surface area (Å²) < 4.78 is 14.9. The number of aromatic hydroxyl groups is 1. The van der Waals surface area contributed by atoms with Gasteiger partial charge in [-0.05, 0) is 38.1 Å². The normalized spacial score (nSPS) is 15.5. The molecule has 2 aromatic rings. The van der Waals surface area contributed by atoms with E-state index in [1.165, 1.54) is 4.68 Å². The van der Waals surface area contributed by atoms with Gasteiger partial charge >= 0.3 is 0 Å². The lowest BCUT2D eigenvalue weighted by molar-refractivity contribution is 0.102. The summed E-state index contributed by atoms with van der Waals surface area (Å²) in [5.41, 5.74) is -0.258. The van der Waals surface area contributed by atoms with E-state index < -0.39 is 17.5 Å². The first-order valence-electron chi connectivity index (χ1n) is 7.56. The topological polar surface area (TPSA) is 92.1 Å². The number of benzene rings is 1. The molecule has 0 saturated carbocycles. The average molecular weight is 354 g/mol. The van der Waals surface area contributed by atoms with Crippen LogP contribution in [0.5, 0.6) is 5.75 Å². The minimum absolute atomic E-state index is 0.228. The van der Waals surface area contributed by atoms with Gasteiger partial charge in [-0.2, -0.15) is 10.1 Å². The molecule has 9 heteroatoms. The SMILES string of the molecule is Cn1nc(C2CCNCC2)nc1NC(=O)c1cc(F)cc(Cl)c1O. The van der Waals surface area contributed by atoms with Crippen LogP contribution >= 0.6 is 11.6 Å². The molecular formula is C15H17ClFN5O2. The highest BCUT2D eigenvalue weighted by atomic mass is 35.5. The van der Waals surface area contributed by atoms with E-state index in [0.29, 0.717) is 5.82 Å². The van der Waals surface area contributed by atoms with Crippen LogP contribution in [0.1, 0.15) is 34.9 Å². The highest BCUT2D eigenvalue weighted by Gasteiger charge is 2.22. The van der Waals surface area contributed by atoms with Crippen molar-refractivity contribution in [3.05, 3.63) is 34.4 Å². The average Bonchev–Trinajstić information content (AvgIpc) is 2.92. The molecule has 128 valence electrons. The number of hydrogen-bond donors (Lipinski definition) is 3. The molecule has 24 heavy (non-hydrogen) atoms. The molecule has 1 aliphatic rings. The van der Waals surface area contributed by atoms with E-state index in [0.717, 1.165) is 38.1 Å². The first-order valence-corrected chi connectivity index (χ1v) is 7.94. The van der Waals surface area contributed by atoms with Crippen molar-refractivity contribution in [3.8, 4) is 5.75 Å². The van der Waals surface area contributed by atoms with Crippen molar-refractivity contribution < 1.29 is 14.3 Å². The maximum absolute atomic E-state index is 13.4. The molecule has 0 unspecified atom stereocenters. The standard InChI is InChI=1S/C15H17ClFN5O2/c1-22-15(19-13(21-22)8-2-4-18-5-3-8)20-14(24)10-6-9(17)7-11(16)12(10)23/h6-8,18,23H,2-5H2,1H3,(H,19,20,21,24). The third-order valence-corrected chi connectivity index (χ3v) is 4.27. The summed E-state index contributed by atoms with van der Waals surface area (Å²) in [6.45, 7) is 1.81. The zero-order valence-corrected chi connectivity index (χ0v) is 13.8. The number of phenols is 1. The smallest absolute Gasteiger partial charge is 0.261 e. The van der Waals surface area contributed by atoms with Crippen molar-refractivity contribution in [1.82, 2.24) is 20.1 Å². The number of aryl methyl sites for hydroxylation is 1. The quantitative estimate of drug-likeness (QED) is 0.785. The maximum atomic E-state index is 13.4. The summed E-state index contributed by atoms with van der Waals surface area (Å²) in [5, 5.41) is 19.7. The molecule has 0 aliphatic carbocycles. The monoisotopic (exact) mass is 353 g/mol. The van der Waals surface area contributed by atoms with Gasteiger partial charge in [0, 0.05) is 13.0 Å². The number of nitrogens with zero attached hydrogens (tertiary/aromatic N) is 3. The Kier molecular flexibility index (Phi) is 4.68. The van der Waals surface area contributed by atoms with Gasteiger partial charge in [-0.3, -0.25) is 10.1 Å². The van der Waals surface area contributed by atoms with E-state index >= 15 is 0 Å². The Hall–Kier alpha value is -2.19. The lowest BCUT2D eigenvalue weighted by Crippen LogP contribution is -2.27. The third-order valence-electron chi connectivity index (χ3n) is 3.98. The Balaban J connectivity index is 1.81. The molecule has 1 aromatic heterocycles. The molecule has 3 N–H and O–H groups in total. The highest BCUT2D eigenvalue weighted by molar-refractivity contribution is 6.32. The van der Waals surface area contributed by atoms with Crippen molar-refractivity contribution in [2.24, 2.45) is 7.05 Å². The molecular weight excluding hydrogens is 337 g/mol. The summed E-state index contributed by atoms with van der Waals surface area (Å²) in [4.78, 5) is 16.6. The Bertz CT molecular complexity index is 773. The fourth-order valence-electron chi connectivity index (χ4n) is 2.67. The largest absolute Gasteiger partial charge is 0.506 e. The third kappa shape index (κ3) is 3.34. The lowest BCUT2D eigenvalue weighted by Gasteiger charge is -2.19. The molecule has 1 aromatic carbocycles. The summed E-state index contributed by atoms with van der Waals surface area (Å²) in [5.74, 6) is -0.766. The van der Waals surface area contributed by atoms with E-state index in [4.69, 9.17) is 11.6 Å². The van der Waals surface area contributed by atoms with Gasteiger partial charge in [0.25, 0.3) is 5.91 Å². The number of halogens is 2. The zero-order chi connectivity index (χ0) is 17.3. The fraction of sp³-hybridized carbons (Fsp3) is 0.400. The highest BCUT2D eigenvalue weighted by Crippen LogP contribution is 2.29. The summed E-state index contributed by atoms with van der Waals surface area (Å²) in [6, 6.07) is 1.85. The van der Waals surface area contributed by atoms with Gasteiger partial charge in [0.15, 0.2) is 5.82 Å². The number of phenolic OH excluding ortho intramolecular Hbond substituents is 1. The van der Waals surface area contributed by atoms with Crippen LogP contribution in [0, 0.1) is 5.82 Å². The number of hydrogen-bond acceptors (Lipinski definition) is 5. The van der Waals surface area contributed by atoms with Crippen molar-refractivity contribution >= 4 is 23.5 Å². The van der Waals surface area contributed by atoms with Gasteiger partial charge in [-0.15, -0.1) is 0 Å². The second-order valence-electron chi connectivity index (χ2n) is 5.68. The number of amides is 1. The van der Waals surface area contributed by atoms with Crippen LogP contribution in [0.4, 0.5) is 10.3 Å². The van der Waals surface area contributed by atoms with Crippen LogP contribution in [0.15, 0.2) is 12.1 Å². The van der Waals surface area contributed by atoms with Gasteiger partial charge in [0.05, 0.1) is 10.6 Å². The molecule has 1 amide bonds. The van der Waals surface area contributed by atoms with Gasteiger partial charge < -0.3 is 10.4 Å². The molecule has 0 bridgehead atoms. The second-order valence-corrected chi connectivity index (χ2v) is 6.09. The fourth-order valence-corrected chi connectivity index (χ4v) is 2.88. The van der Waals surface area contributed by atoms with Crippen molar-refractivity contribution in [1.29, 1.82) is 0 Å². The van der Waals surface area contributed by atoms with Crippen molar-refractivity contribution in [2.75, 3.05) is 18.4 Å². The number of piperidine rings is 1. The van der Waals surface area contributed by atoms with E-state index in [1.807, 2.05) is 0 Å². The number of anilines is 1. The number of nitrogens with one attached hydrogen (secondary N) is 2. The molecule has 3 rings (SSSR count). The van der Waals surface area contributed by atoms with Gasteiger partial charge in [-0.1, -0.05) is 11.6 Å². The van der Waals surface area contributed by atoms with E-state index in [-0.39, 0.29) is 22.5 Å². The summed E-state index contributed by atoms with van der Waals surface area (Å²) >= 11 is 5.69. The van der Waals surface area contributed by atoms with Crippen molar-refractivity contribution in [3.63, 3.8) is 0 Å². The minimum Gasteiger partial charge on any atom is -0.506 e. The van der Waals surface area contributed by atoms with Crippen LogP contribution < -0.4 is 10.6 Å². The van der Waals surface area contributed by atoms with Crippen LogP contribution in [-0.4, -0.2) is 38.9 Å². The molecule has 0 radical (unpaired) electrons. The van der Waals surface area contributed by atoms with Crippen LogP contribution in [-0.2, 0) is 7.05 Å². The van der Waals surface area contributed by atoms with Gasteiger partial charge in [0.2, 0.25) is 5.95 Å². The Morgan fingerprint density at radius 2 is 2.17 bits per heavy atom. The predicted octanol–water partition coefficient (Wildman–Crippen LogP) is 2.03. The van der Waals surface area contributed by atoms with Crippen LogP contribution in [0.2, 0.25) is 5.02 Å². The second kappa shape index (κ2) is 6.74. The number of carbonyl (C=O) groups is 1. The van der Waals surface area contributed by atoms with Gasteiger partial charge in [-0.25, -0.2) is 9.07 Å². The zero-order valence-electron chi connectivity index (χ0n) is 13.0. The van der Waals surface area contributed by atoms with E-state index in [2.05, 4.69) is 20.7 Å². The first-order chi connectivity index (χ1) is 11.5. The Morgan fingerprint density at radius 3 is 2.88 bits per heavy atom. The van der Waals surface area contributed by atoms with E-state index in [1.54, 1.807) is 7.05 Å². The molecule has 1 fully saturated rings. The molecule has 1 aliphatic heterocycles. The Morgan fingerprint density at radius 1 is 1.46 bits per heavy atom. The Labute approximate surface area is 142 Å². The van der Waals surface area contributed by atoms with Crippen molar-refractivity contribution in [2.45, 2.75) is 18.8 Å². The maximum Gasteiger partial charge on any atom is 0.261 e. The lowest BCUT2D eigenvalue weighted by atomic mass is 9.98. The van der Waals surface area contributed by atoms with Gasteiger partial charge in [0.1, 0.15) is 11.6 Å².